The zero-order valence-corrected chi connectivity index (χ0v) is 16.0. The van der Waals surface area contributed by atoms with Gasteiger partial charge in [0.05, 0.1) is 24.0 Å². The molecule has 0 atom stereocenters. The van der Waals surface area contributed by atoms with Crippen molar-refractivity contribution in [2.45, 2.75) is 6.92 Å². The van der Waals surface area contributed by atoms with Crippen molar-refractivity contribution in [2.24, 2.45) is 0 Å². The van der Waals surface area contributed by atoms with E-state index in [1.165, 1.54) is 6.20 Å². The van der Waals surface area contributed by atoms with Crippen LogP contribution < -0.4 is 15.4 Å². The maximum Gasteiger partial charge on any atom is 0.274 e. The first-order chi connectivity index (χ1) is 14.1. The number of carbonyl (C=O) groups is 1. The number of nitrogens with one attached hydrogen (secondary N) is 2. The zero-order chi connectivity index (χ0) is 20.2. The van der Waals surface area contributed by atoms with Crippen molar-refractivity contribution in [1.82, 2.24) is 15.0 Å². The summed E-state index contributed by atoms with van der Waals surface area (Å²) in [6, 6.07) is 16.8. The highest BCUT2D eigenvalue weighted by Crippen LogP contribution is 2.26. The summed E-state index contributed by atoms with van der Waals surface area (Å²) in [5.74, 6) is 0.542. The second-order valence-corrected chi connectivity index (χ2v) is 6.43. The van der Waals surface area contributed by atoms with Gasteiger partial charge in [0.25, 0.3) is 5.91 Å². The van der Waals surface area contributed by atoms with E-state index in [0.717, 1.165) is 22.2 Å². The zero-order valence-electron chi connectivity index (χ0n) is 16.0. The normalized spacial score (nSPS) is 10.6. The number of ether oxygens (including phenoxy) is 1. The third-order valence-electron chi connectivity index (χ3n) is 4.37. The minimum absolute atomic E-state index is 0.235. The average molecular weight is 385 g/mol. The average Bonchev–Trinajstić information content (AvgIpc) is 2.74. The van der Waals surface area contributed by atoms with E-state index in [0.29, 0.717) is 17.4 Å². The molecule has 2 N–H and O–H groups in total. The van der Waals surface area contributed by atoms with E-state index in [1.807, 2.05) is 55.5 Å². The van der Waals surface area contributed by atoms with E-state index in [-0.39, 0.29) is 11.6 Å². The van der Waals surface area contributed by atoms with Crippen LogP contribution in [0.5, 0.6) is 5.75 Å². The van der Waals surface area contributed by atoms with Crippen LogP contribution in [0.2, 0.25) is 0 Å². The maximum atomic E-state index is 12.7. The summed E-state index contributed by atoms with van der Waals surface area (Å²) in [4.78, 5) is 25.7. The number of amides is 1. The first kappa shape index (κ1) is 18.4. The Morgan fingerprint density at radius 2 is 1.83 bits per heavy atom. The largest absolute Gasteiger partial charge is 0.495 e. The highest BCUT2D eigenvalue weighted by atomic mass is 16.5. The van der Waals surface area contributed by atoms with Crippen molar-refractivity contribution in [3.8, 4) is 5.75 Å². The standard InChI is InChI=1S/C22H19N5O2/c1-14-8-9-19(29-2)18(13-14)25-21(28)17-10-12-24-22(27-17)26-16-7-3-5-15-6-4-11-23-20(15)16/h3-13H,1-2H3,(H,25,28)(H,24,26,27). The molecule has 0 radical (unpaired) electrons. The van der Waals surface area contributed by atoms with E-state index in [9.17, 15) is 4.79 Å². The minimum atomic E-state index is -0.351. The summed E-state index contributed by atoms with van der Waals surface area (Å²) >= 11 is 0. The number of carbonyl (C=O) groups excluding carboxylic acids is 1. The van der Waals surface area contributed by atoms with Gasteiger partial charge in [-0.25, -0.2) is 9.97 Å². The molecule has 4 rings (SSSR count). The van der Waals surface area contributed by atoms with Gasteiger partial charge in [0.2, 0.25) is 5.95 Å². The van der Waals surface area contributed by atoms with Gasteiger partial charge in [0, 0.05) is 17.8 Å². The number of rotatable bonds is 5. The van der Waals surface area contributed by atoms with Crippen molar-refractivity contribution < 1.29 is 9.53 Å². The Kier molecular flexibility index (Phi) is 5.03. The van der Waals surface area contributed by atoms with Gasteiger partial charge in [-0.15, -0.1) is 0 Å². The van der Waals surface area contributed by atoms with E-state index in [2.05, 4.69) is 25.6 Å². The number of benzene rings is 2. The number of aryl methyl sites for hydroxylation is 1. The van der Waals surface area contributed by atoms with Crippen LogP contribution in [0, 0.1) is 6.92 Å². The minimum Gasteiger partial charge on any atom is -0.495 e. The van der Waals surface area contributed by atoms with Crippen LogP contribution in [0.4, 0.5) is 17.3 Å². The molecule has 0 bridgehead atoms. The number of pyridine rings is 1. The molecule has 29 heavy (non-hydrogen) atoms. The summed E-state index contributed by atoms with van der Waals surface area (Å²) < 4.78 is 5.31. The Bertz CT molecular complexity index is 1190. The highest BCUT2D eigenvalue weighted by molar-refractivity contribution is 6.04. The van der Waals surface area contributed by atoms with Gasteiger partial charge < -0.3 is 15.4 Å². The first-order valence-corrected chi connectivity index (χ1v) is 9.04. The van der Waals surface area contributed by atoms with Gasteiger partial charge in [-0.1, -0.05) is 24.3 Å². The lowest BCUT2D eigenvalue weighted by Gasteiger charge is -2.11. The Labute approximate surface area is 167 Å². The van der Waals surface area contributed by atoms with Crippen LogP contribution in [0.15, 0.2) is 67.0 Å². The van der Waals surface area contributed by atoms with Gasteiger partial charge >= 0.3 is 0 Å². The van der Waals surface area contributed by atoms with Gasteiger partial charge in [0.1, 0.15) is 11.4 Å². The van der Waals surface area contributed by atoms with Crippen molar-refractivity contribution in [1.29, 1.82) is 0 Å². The topological polar surface area (TPSA) is 89.0 Å². The Balaban J connectivity index is 1.59. The highest BCUT2D eigenvalue weighted by Gasteiger charge is 2.13. The number of aromatic nitrogens is 3. The number of hydrogen-bond donors (Lipinski definition) is 2. The predicted molar refractivity (Wildman–Crippen MR) is 113 cm³/mol. The second-order valence-electron chi connectivity index (χ2n) is 6.43. The fourth-order valence-electron chi connectivity index (χ4n) is 2.98. The number of fused-ring (bicyclic) bond motifs is 1. The molecule has 0 fully saturated rings. The monoisotopic (exact) mass is 385 g/mol. The smallest absolute Gasteiger partial charge is 0.274 e. The summed E-state index contributed by atoms with van der Waals surface area (Å²) in [6.07, 6.45) is 3.27. The Morgan fingerprint density at radius 1 is 0.966 bits per heavy atom. The van der Waals surface area contributed by atoms with Crippen LogP contribution in [-0.4, -0.2) is 28.0 Å². The molecule has 2 aromatic heterocycles. The molecule has 4 aromatic rings. The lowest BCUT2D eigenvalue weighted by atomic mass is 10.2. The Hall–Kier alpha value is -4.00. The maximum absolute atomic E-state index is 12.7. The number of anilines is 3. The lowest BCUT2D eigenvalue weighted by molar-refractivity contribution is 0.102. The van der Waals surface area contributed by atoms with Crippen LogP contribution in [0.1, 0.15) is 16.1 Å². The van der Waals surface area contributed by atoms with E-state index >= 15 is 0 Å². The molecule has 0 unspecified atom stereocenters. The molecule has 7 nitrogen and oxygen atoms in total. The number of methoxy groups -OCH3 is 1. The third-order valence-corrected chi connectivity index (χ3v) is 4.37. The predicted octanol–water partition coefficient (Wildman–Crippen LogP) is 4.34. The van der Waals surface area contributed by atoms with E-state index in [4.69, 9.17) is 4.74 Å². The second kappa shape index (κ2) is 7.93. The van der Waals surface area contributed by atoms with Crippen LogP contribution in [-0.2, 0) is 0 Å². The molecule has 0 saturated heterocycles. The van der Waals surface area contributed by atoms with Crippen molar-refractivity contribution >= 4 is 34.1 Å². The van der Waals surface area contributed by atoms with Crippen molar-refractivity contribution in [3.05, 3.63) is 78.2 Å². The molecular weight excluding hydrogens is 366 g/mol. The van der Waals surface area contributed by atoms with E-state index < -0.39 is 0 Å². The summed E-state index contributed by atoms with van der Waals surface area (Å²) in [7, 11) is 1.56. The number of para-hydroxylation sites is 1. The van der Waals surface area contributed by atoms with Gasteiger partial charge in [0.15, 0.2) is 0 Å². The lowest BCUT2D eigenvalue weighted by Crippen LogP contribution is -2.15. The molecule has 0 aliphatic heterocycles. The molecular formula is C22H19N5O2. The summed E-state index contributed by atoms with van der Waals surface area (Å²) in [6.45, 7) is 1.94. The fourth-order valence-corrected chi connectivity index (χ4v) is 2.98. The van der Waals surface area contributed by atoms with Crippen molar-refractivity contribution in [2.75, 3.05) is 17.7 Å². The quantitative estimate of drug-likeness (QED) is 0.531. The van der Waals surface area contributed by atoms with Gasteiger partial charge in [-0.05, 0) is 42.8 Å². The molecule has 2 heterocycles. The SMILES string of the molecule is COc1ccc(C)cc1NC(=O)c1ccnc(Nc2cccc3cccnc23)n1. The van der Waals surface area contributed by atoms with Crippen molar-refractivity contribution in [3.63, 3.8) is 0 Å². The number of hydrogen-bond acceptors (Lipinski definition) is 6. The molecule has 1 amide bonds. The molecule has 144 valence electrons. The van der Waals surface area contributed by atoms with E-state index in [1.54, 1.807) is 19.4 Å². The third kappa shape index (κ3) is 3.98. The van der Waals surface area contributed by atoms with Crippen LogP contribution in [0.25, 0.3) is 10.9 Å². The molecule has 0 saturated carbocycles. The van der Waals surface area contributed by atoms with Crippen LogP contribution >= 0.6 is 0 Å². The molecule has 2 aromatic carbocycles. The fraction of sp³-hybridized carbons (Fsp3) is 0.0909. The van der Waals surface area contributed by atoms with Gasteiger partial charge in [-0.3, -0.25) is 9.78 Å². The molecule has 0 aliphatic carbocycles. The molecule has 0 aliphatic rings. The molecule has 7 heteroatoms. The first-order valence-electron chi connectivity index (χ1n) is 9.04. The summed E-state index contributed by atoms with van der Waals surface area (Å²) in [5.41, 5.74) is 3.40. The number of nitrogens with zero attached hydrogens (tertiary/aromatic N) is 3. The molecule has 0 spiro atoms. The van der Waals surface area contributed by atoms with Crippen LogP contribution in [0.3, 0.4) is 0 Å². The Morgan fingerprint density at radius 3 is 2.69 bits per heavy atom. The van der Waals surface area contributed by atoms with Gasteiger partial charge in [-0.2, -0.15) is 0 Å². The summed E-state index contributed by atoms with van der Waals surface area (Å²) in [5, 5.41) is 6.99.